The van der Waals surface area contributed by atoms with Gasteiger partial charge in [0.2, 0.25) is 0 Å². The summed E-state index contributed by atoms with van der Waals surface area (Å²) in [5.74, 6) is -5.29. The van der Waals surface area contributed by atoms with Gasteiger partial charge in [-0.25, -0.2) is 27.5 Å². The minimum atomic E-state index is -1.14. The van der Waals surface area contributed by atoms with Crippen molar-refractivity contribution in [3.8, 4) is 12.1 Å². The zero-order valence-electron chi connectivity index (χ0n) is 35.5. The summed E-state index contributed by atoms with van der Waals surface area (Å²) in [7, 11) is 0. The number of ketones is 1. The number of aliphatic carboxylic acids is 1. The average molecular weight is 862 g/mol. The first kappa shape index (κ1) is 46.1. The lowest BCUT2D eigenvalue weighted by atomic mass is 9.70. The molecule has 0 radical (unpaired) electrons. The van der Waals surface area contributed by atoms with E-state index in [0.717, 1.165) is 71.9 Å². The highest BCUT2D eigenvalue weighted by Gasteiger charge is 2.35. The molecule has 2 aromatic heterocycles. The molecule has 6 aromatic rings. The second-order valence-corrected chi connectivity index (χ2v) is 16.8. The van der Waals surface area contributed by atoms with E-state index < -0.39 is 41.2 Å². The van der Waals surface area contributed by atoms with Gasteiger partial charge in [-0.1, -0.05) is 94.0 Å². The minimum Gasteiger partial charge on any atom is -0.480 e. The highest BCUT2D eigenvalue weighted by Crippen LogP contribution is 2.40. The molecular weight excluding hydrogens is 811 g/mol. The predicted octanol–water partition coefficient (Wildman–Crippen LogP) is 10.6. The van der Waals surface area contributed by atoms with Crippen molar-refractivity contribution in [1.82, 2.24) is 19.1 Å². The summed E-state index contributed by atoms with van der Waals surface area (Å²) in [6, 6.07) is 26.2. The van der Waals surface area contributed by atoms with Crippen LogP contribution in [0.2, 0.25) is 0 Å². The Kier molecular flexibility index (Phi) is 14.8. The SMILES string of the molecule is CC(CC(=O)Cn1cnc2ccc(F)c(F)c21)c1ccc(C2(C#N)CCCCC2)cc1.CC(N)c1ccc(C2(C#N)CCCCC2)cc1.O=C(O)Cn1cnc2ccc(F)c(F)c21. The van der Waals surface area contributed by atoms with Gasteiger partial charge < -0.3 is 20.0 Å². The number of fused-ring (bicyclic) bond motifs is 2. The van der Waals surface area contributed by atoms with Crippen LogP contribution in [0.4, 0.5) is 17.6 Å². The van der Waals surface area contributed by atoms with Gasteiger partial charge in [-0.2, -0.15) is 10.5 Å². The predicted molar refractivity (Wildman–Crippen MR) is 231 cm³/mol. The second-order valence-electron chi connectivity index (χ2n) is 16.8. The number of hydrogen-bond donors (Lipinski definition) is 2. The van der Waals surface area contributed by atoms with Crippen LogP contribution in [0.1, 0.15) is 119 Å². The summed E-state index contributed by atoms with van der Waals surface area (Å²) in [5.41, 5.74) is 10.0. The third kappa shape index (κ3) is 10.5. The van der Waals surface area contributed by atoms with E-state index in [1.54, 1.807) is 0 Å². The molecule has 0 aliphatic heterocycles. The summed E-state index contributed by atoms with van der Waals surface area (Å²) >= 11 is 0. The Balaban J connectivity index is 0.000000174. The van der Waals surface area contributed by atoms with Gasteiger partial charge in [0.05, 0.1) is 53.2 Å². The van der Waals surface area contributed by atoms with E-state index in [4.69, 9.17) is 10.8 Å². The van der Waals surface area contributed by atoms with Crippen molar-refractivity contribution in [2.75, 3.05) is 0 Å². The lowest BCUT2D eigenvalue weighted by Gasteiger charge is -2.31. The second kappa shape index (κ2) is 20.2. The monoisotopic (exact) mass is 861 g/mol. The Hall–Kier alpha value is -6.38. The van der Waals surface area contributed by atoms with Crippen molar-refractivity contribution in [2.45, 2.75) is 120 Å². The average Bonchev–Trinajstić information content (AvgIpc) is 3.90. The first-order valence-corrected chi connectivity index (χ1v) is 21.3. The number of carboxylic acids is 1. The normalized spacial score (nSPS) is 16.3. The van der Waals surface area contributed by atoms with Crippen molar-refractivity contribution in [1.29, 1.82) is 10.5 Å². The van der Waals surface area contributed by atoms with E-state index in [1.165, 1.54) is 60.6 Å². The smallest absolute Gasteiger partial charge is 0.323 e. The largest absolute Gasteiger partial charge is 0.480 e. The van der Waals surface area contributed by atoms with Crippen LogP contribution in [0, 0.1) is 45.9 Å². The molecule has 2 atom stereocenters. The van der Waals surface area contributed by atoms with Crippen LogP contribution in [-0.2, 0) is 33.5 Å². The first-order valence-electron chi connectivity index (χ1n) is 21.3. The molecule has 2 fully saturated rings. The molecule has 10 nitrogen and oxygen atoms in total. The van der Waals surface area contributed by atoms with E-state index in [9.17, 15) is 37.7 Å². The van der Waals surface area contributed by atoms with Crippen LogP contribution >= 0.6 is 0 Å². The van der Waals surface area contributed by atoms with Crippen molar-refractivity contribution in [2.24, 2.45) is 5.73 Å². The zero-order valence-corrected chi connectivity index (χ0v) is 35.5. The Bertz CT molecular complexity index is 2630. The third-order valence-corrected chi connectivity index (χ3v) is 12.4. The summed E-state index contributed by atoms with van der Waals surface area (Å²) < 4.78 is 56.3. The molecule has 63 heavy (non-hydrogen) atoms. The lowest BCUT2D eigenvalue weighted by Crippen LogP contribution is -2.27. The zero-order chi connectivity index (χ0) is 45.3. The van der Waals surface area contributed by atoms with Gasteiger partial charge in [-0.05, 0) is 85.0 Å². The molecule has 0 bridgehead atoms. The van der Waals surface area contributed by atoms with Gasteiger partial charge in [-0.15, -0.1) is 0 Å². The Labute approximate surface area is 364 Å². The van der Waals surface area contributed by atoms with E-state index >= 15 is 0 Å². The van der Waals surface area contributed by atoms with Gasteiger partial charge >= 0.3 is 5.97 Å². The molecule has 2 unspecified atom stereocenters. The first-order chi connectivity index (χ1) is 30.2. The molecule has 328 valence electrons. The molecule has 0 spiro atoms. The van der Waals surface area contributed by atoms with Crippen LogP contribution in [0.15, 0.2) is 85.5 Å². The lowest BCUT2D eigenvalue weighted by molar-refractivity contribution is -0.137. The van der Waals surface area contributed by atoms with Gasteiger partial charge in [0.25, 0.3) is 0 Å². The van der Waals surface area contributed by atoms with Gasteiger partial charge in [0.15, 0.2) is 29.1 Å². The van der Waals surface area contributed by atoms with Crippen LogP contribution in [-0.4, -0.2) is 36.0 Å². The van der Waals surface area contributed by atoms with E-state index in [-0.39, 0.29) is 52.7 Å². The number of nitrogens with two attached hydrogens (primary N) is 1. The molecular formula is C49H51F4N7O3. The Morgan fingerprint density at radius 1 is 0.667 bits per heavy atom. The van der Waals surface area contributed by atoms with Crippen LogP contribution in [0.5, 0.6) is 0 Å². The molecule has 0 amide bonds. The molecule has 4 aromatic carbocycles. The van der Waals surface area contributed by atoms with Gasteiger partial charge in [0.1, 0.15) is 17.6 Å². The minimum absolute atomic E-state index is 0.0136. The number of Topliss-reactive ketones (excluding diaryl/α,β-unsaturated/α-hetero) is 1. The highest BCUT2D eigenvalue weighted by atomic mass is 19.2. The number of rotatable bonds is 10. The van der Waals surface area contributed by atoms with Crippen molar-refractivity contribution >= 4 is 33.8 Å². The maximum atomic E-state index is 14.2. The number of nitriles is 2. The number of carbonyl (C=O) groups excluding carboxylic acids is 1. The number of imidazole rings is 2. The number of hydrogen-bond acceptors (Lipinski definition) is 7. The van der Waals surface area contributed by atoms with Crippen molar-refractivity contribution < 1.29 is 32.3 Å². The fourth-order valence-corrected chi connectivity index (χ4v) is 8.77. The summed E-state index contributed by atoms with van der Waals surface area (Å²) in [6.07, 6.45) is 13.6. The summed E-state index contributed by atoms with van der Waals surface area (Å²) in [6.45, 7) is 3.45. The molecule has 14 heteroatoms. The molecule has 8 rings (SSSR count). The number of carboxylic acid groups (broad SMARTS) is 1. The standard InChI is InChI=1S/C25H25F2N3O.C15H20N2.C9H6F2N2O2/c1-17(18-5-7-19(8-6-18)25(15-28)11-3-2-4-12-25)13-20(31)14-30-16-29-22-10-9-21(26)23(27)24(22)30;1-12(17)13-5-7-14(8-6-13)15(11-16)9-3-2-4-10-15;10-5-1-2-6-9(8(5)11)13(4-12-6)3-7(14)15/h5-10,16-17H,2-4,11-14H2,1H3;5-8,12H,2-4,9-10,17H2,1H3;1-2,4H,3H2,(H,14,15). The fourth-order valence-electron chi connectivity index (χ4n) is 8.77. The Morgan fingerprint density at radius 2 is 1.08 bits per heavy atom. The maximum absolute atomic E-state index is 14.2. The number of nitrogens with zero attached hydrogens (tertiary/aromatic N) is 6. The van der Waals surface area contributed by atoms with Crippen LogP contribution < -0.4 is 5.73 Å². The number of aromatic nitrogens is 4. The molecule has 2 saturated carbocycles. The number of carbonyl (C=O) groups is 2. The van der Waals surface area contributed by atoms with Crippen molar-refractivity contribution in [3.63, 3.8) is 0 Å². The third-order valence-electron chi connectivity index (χ3n) is 12.4. The van der Waals surface area contributed by atoms with Gasteiger partial charge in [0, 0.05) is 12.5 Å². The summed E-state index contributed by atoms with van der Waals surface area (Å²) in [4.78, 5) is 30.9. The number of benzene rings is 4. The molecule has 2 aliphatic carbocycles. The van der Waals surface area contributed by atoms with Crippen molar-refractivity contribution in [3.05, 3.63) is 131 Å². The molecule has 2 aliphatic rings. The van der Waals surface area contributed by atoms with Gasteiger partial charge in [-0.3, -0.25) is 9.59 Å². The molecule has 2 heterocycles. The molecule has 0 saturated heterocycles. The van der Waals surface area contributed by atoms with E-state index in [2.05, 4.69) is 46.4 Å². The van der Waals surface area contributed by atoms with E-state index in [1.807, 2.05) is 38.1 Å². The molecule has 3 N–H and O–H groups in total. The number of halogens is 4. The van der Waals surface area contributed by atoms with E-state index in [0.29, 0.717) is 5.52 Å². The quantitative estimate of drug-likeness (QED) is 0.129. The summed E-state index contributed by atoms with van der Waals surface area (Å²) in [5, 5.41) is 27.8. The Morgan fingerprint density at radius 3 is 1.48 bits per heavy atom. The van der Waals surface area contributed by atoms with Crippen LogP contribution in [0.25, 0.3) is 22.1 Å². The highest BCUT2D eigenvalue weighted by molar-refractivity contribution is 5.83. The topological polar surface area (TPSA) is 164 Å². The maximum Gasteiger partial charge on any atom is 0.323 e. The van der Waals surface area contributed by atoms with Crippen LogP contribution in [0.3, 0.4) is 0 Å². The fraction of sp³-hybridized carbons (Fsp3) is 0.388.